The molecule has 0 aliphatic carbocycles. The van der Waals surface area contributed by atoms with E-state index in [1.807, 2.05) is 31.2 Å². The second-order valence-corrected chi connectivity index (χ2v) is 5.00. The van der Waals surface area contributed by atoms with E-state index in [0.29, 0.717) is 0 Å². The number of aromatic nitrogens is 2. The van der Waals surface area contributed by atoms with Crippen LogP contribution in [0.15, 0.2) is 46.1 Å². The summed E-state index contributed by atoms with van der Waals surface area (Å²) in [5.74, 6) is 0. The van der Waals surface area contributed by atoms with E-state index in [-0.39, 0.29) is 10.2 Å². The van der Waals surface area contributed by atoms with Crippen LogP contribution in [-0.2, 0) is 11.4 Å². The lowest BCUT2D eigenvalue weighted by molar-refractivity contribution is 0.593. The molecule has 0 aliphatic heterocycles. The van der Waals surface area contributed by atoms with E-state index in [9.17, 15) is 4.55 Å². The van der Waals surface area contributed by atoms with Crippen LogP contribution in [0, 0.1) is 6.92 Å². The minimum atomic E-state index is -1.64. The molecule has 1 aromatic heterocycles. The lowest BCUT2D eigenvalue weighted by atomic mass is 10.2. The van der Waals surface area contributed by atoms with Crippen molar-refractivity contribution in [2.75, 3.05) is 0 Å². The predicted octanol–water partition coefficient (Wildman–Crippen LogP) is 2.58. The highest BCUT2D eigenvalue weighted by Crippen LogP contribution is 2.17. The van der Waals surface area contributed by atoms with Crippen molar-refractivity contribution in [1.29, 1.82) is 0 Å². The fourth-order valence-corrected chi connectivity index (χ4v) is 2.20. The lowest BCUT2D eigenvalue weighted by Gasteiger charge is -2.01. The van der Waals surface area contributed by atoms with Crippen LogP contribution in [0.25, 0.3) is 0 Å². The molecule has 0 radical (unpaired) electrons. The van der Waals surface area contributed by atoms with Crippen molar-refractivity contribution in [3.05, 3.63) is 52.9 Å². The van der Waals surface area contributed by atoms with Gasteiger partial charge < -0.3 is 4.55 Å². The monoisotopic (exact) mass is 279 g/mol. The molecular formula is C12H10ClN3OS. The highest BCUT2D eigenvalue weighted by atomic mass is 35.5. The Bertz CT molecular complexity index is 560. The van der Waals surface area contributed by atoms with Crippen molar-refractivity contribution in [2.24, 2.45) is 4.40 Å². The molecule has 0 saturated heterocycles. The Hall–Kier alpha value is -1.43. The van der Waals surface area contributed by atoms with Crippen LogP contribution < -0.4 is 0 Å². The molecule has 18 heavy (non-hydrogen) atoms. The summed E-state index contributed by atoms with van der Waals surface area (Å²) in [7, 11) is 0. The van der Waals surface area contributed by atoms with Gasteiger partial charge in [-0.05, 0) is 12.5 Å². The van der Waals surface area contributed by atoms with Gasteiger partial charge in [0.05, 0.1) is 12.4 Å². The summed E-state index contributed by atoms with van der Waals surface area (Å²) < 4.78 is 15.7. The predicted molar refractivity (Wildman–Crippen MR) is 72.2 cm³/mol. The second-order valence-electron chi connectivity index (χ2n) is 3.55. The Kier molecular flexibility index (Phi) is 4.30. The molecular weight excluding hydrogens is 270 g/mol. The highest BCUT2D eigenvalue weighted by Gasteiger charge is 2.17. The topological polar surface area (TPSA) is 61.2 Å². The Morgan fingerprint density at radius 1 is 1.22 bits per heavy atom. The Morgan fingerprint density at radius 2 is 1.89 bits per heavy atom. The normalized spacial score (nSPS) is 12.8. The van der Waals surface area contributed by atoms with Crippen LogP contribution in [0.1, 0.15) is 11.1 Å². The molecule has 0 spiro atoms. The van der Waals surface area contributed by atoms with Gasteiger partial charge in [0.25, 0.3) is 0 Å². The van der Waals surface area contributed by atoms with Crippen molar-refractivity contribution < 1.29 is 4.55 Å². The maximum absolute atomic E-state index is 11.8. The number of hydrogen-bond donors (Lipinski definition) is 0. The smallest absolute Gasteiger partial charge is 0.311 e. The third-order valence-corrected chi connectivity index (χ3v) is 3.48. The maximum atomic E-state index is 11.8. The van der Waals surface area contributed by atoms with Crippen LogP contribution >= 0.6 is 11.6 Å². The largest absolute Gasteiger partial charge is 0.585 e. The van der Waals surface area contributed by atoms with Gasteiger partial charge in [0.1, 0.15) is 0 Å². The van der Waals surface area contributed by atoms with E-state index in [0.717, 1.165) is 11.1 Å². The van der Waals surface area contributed by atoms with Crippen LogP contribution in [0.2, 0.25) is 5.15 Å². The first kappa shape index (κ1) is 13.0. The van der Waals surface area contributed by atoms with Gasteiger partial charge in [-0.2, -0.15) is 0 Å². The Morgan fingerprint density at radius 3 is 2.56 bits per heavy atom. The minimum Gasteiger partial charge on any atom is -0.585 e. The van der Waals surface area contributed by atoms with Crippen molar-refractivity contribution >= 4 is 29.2 Å². The average Bonchev–Trinajstić information content (AvgIpc) is 2.38. The molecule has 0 bridgehead atoms. The van der Waals surface area contributed by atoms with Crippen molar-refractivity contribution in [2.45, 2.75) is 11.9 Å². The van der Waals surface area contributed by atoms with E-state index in [4.69, 9.17) is 11.6 Å². The molecule has 2 rings (SSSR count). The van der Waals surface area contributed by atoms with Gasteiger partial charge in [0, 0.05) is 6.20 Å². The first-order valence-electron chi connectivity index (χ1n) is 5.16. The molecule has 1 unspecified atom stereocenters. The van der Waals surface area contributed by atoms with Crippen LogP contribution in [0.5, 0.6) is 0 Å². The number of nitrogens with zero attached hydrogens (tertiary/aromatic N) is 3. The molecule has 0 fully saturated rings. The van der Waals surface area contributed by atoms with Gasteiger partial charge in [-0.1, -0.05) is 45.8 Å². The first-order chi connectivity index (χ1) is 8.66. The van der Waals surface area contributed by atoms with Crippen molar-refractivity contribution in [1.82, 2.24) is 9.97 Å². The second kappa shape index (κ2) is 5.95. The average molecular weight is 280 g/mol. The van der Waals surface area contributed by atoms with E-state index in [1.54, 1.807) is 0 Å². The molecule has 0 aliphatic rings. The van der Waals surface area contributed by atoms with Crippen LogP contribution in [0.3, 0.4) is 0 Å². The van der Waals surface area contributed by atoms with Gasteiger partial charge >= 0.3 is 5.03 Å². The van der Waals surface area contributed by atoms with Crippen LogP contribution in [-0.4, -0.2) is 20.7 Å². The zero-order valence-electron chi connectivity index (χ0n) is 9.58. The number of aryl methyl sites for hydroxylation is 1. The zero-order chi connectivity index (χ0) is 13.0. The quantitative estimate of drug-likeness (QED) is 0.641. The molecule has 0 amide bonds. The molecule has 4 nitrogen and oxygen atoms in total. The van der Waals surface area contributed by atoms with Crippen LogP contribution in [0.4, 0.5) is 0 Å². The fourth-order valence-electron chi connectivity index (χ4n) is 1.24. The standard InChI is InChI=1S/C12H10ClN3OS/c1-9-2-4-10(5-3-9)8-16-18(17)12-11(13)14-6-7-15-12/h2-8H,1H3. The molecule has 0 N–H and O–H groups in total. The van der Waals surface area contributed by atoms with E-state index < -0.39 is 11.4 Å². The summed E-state index contributed by atoms with van der Waals surface area (Å²) in [6.07, 6.45) is 4.40. The molecule has 6 heteroatoms. The van der Waals surface area contributed by atoms with Gasteiger partial charge in [-0.25, -0.2) is 9.97 Å². The SMILES string of the molecule is Cc1ccc(C=N[S+]([O-])c2nccnc2Cl)cc1. The van der Waals surface area contributed by atoms with Gasteiger partial charge in [-0.3, -0.25) is 0 Å². The van der Waals surface area contributed by atoms with Gasteiger partial charge in [0.15, 0.2) is 11.4 Å². The summed E-state index contributed by atoms with van der Waals surface area (Å²) in [6.45, 7) is 2.00. The van der Waals surface area contributed by atoms with E-state index in [2.05, 4.69) is 14.4 Å². The molecule has 0 saturated carbocycles. The molecule has 1 atom stereocenters. The lowest BCUT2D eigenvalue weighted by Crippen LogP contribution is -2.02. The molecule has 1 aromatic carbocycles. The fraction of sp³-hybridized carbons (Fsp3) is 0.0833. The first-order valence-corrected chi connectivity index (χ1v) is 6.64. The summed E-state index contributed by atoms with van der Waals surface area (Å²) in [5.41, 5.74) is 2.03. The number of rotatable bonds is 3. The summed E-state index contributed by atoms with van der Waals surface area (Å²) in [6, 6.07) is 7.71. The van der Waals surface area contributed by atoms with Crippen molar-refractivity contribution in [3.63, 3.8) is 0 Å². The number of hydrogen-bond acceptors (Lipinski definition) is 4. The minimum absolute atomic E-state index is 0.108. The van der Waals surface area contributed by atoms with Crippen molar-refractivity contribution in [3.8, 4) is 0 Å². The third-order valence-electron chi connectivity index (χ3n) is 2.16. The van der Waals surface area contributed by atoms with E-state index >= 15 is 0 Å². The maximum Gasteiger partial charge on any atom is 0.311 e. The van der Waals surface area contributed by atoms with E-state index in [1.165, 1.54) is 18.6 Å². The summed E-state index contributed by atoms with van der Waals surface area (Å²) in [4.78, 5) is 7.70. The molecule has 2 aromatic rings. The summed E-state index contributed by atoms with van der Waals surface area (Å²) in [5, 5.41) is 0.277. The summed E-state index contributed by atoms with van der Waals surface area (Å²) >= 11 is 4.14. The highest BCUT2D eigenvalue weighted by molar-refractivity contribution is 7.90. The zero-order valence-corrected chi connectivity index (χ0v) is 11.1. The Balaban J connectivity index is 2.14. The third kappa shape index (κ3) is 3.29. The van der Waals surface area contributed by atoms with Gasteiger partial charge in [0.2, 0.25) is 5.15 Å². The van der Waals surface area contributed by atoms with Gasteiger partial charge in [-0.15, -0.1) is 0 Å². The number of halogens is 1. The molecule has 92 valence electrons. The molecule has 1 heterocycles. The number of benzene rings is 1. The Labute approximate surface area is 113 Å².